The molecule has 3 aromatic rings. The lowest BCUT2D eigenvalue weighted by molar-refractivity contribution is -0.275. The molecule has 162 valence electrons. The van der Waals surface area contributed by atoms with E-state index in [-0.39, 0.29) is 22.6 Å². The smallest absolute Gasteiger partial charge is 0.403 e. The summed E-state index contributed by atoms with van der Waals surface area (Å²) < 4.78 is 82.5. The highest BCUT2D eigenvalue weighted by molar-refractivity contribution is 5.53. The predicted molar refractivity (Wildman–Crippen MR) is 93.7 cm³/mol. The predicted octanol–water partition coefficient (Wildman–Crippen LogP) is 4.63. The minimum atomic E-state index is -5.08. The van der Waals surface area contributed by atoms with Crippen LogP contribution in [0.5, 0.6) is 5.75 Å². The fourth-order valence-corrected chi connectivity index (χ4v) is 2.89. The van der Waals surface area contributed by atoms with E-state index in [1.165, 1.54) is 18.4 Å². The number of ether oxygens (including phenoxy) is 1. The molecule has 0 saturated heterocycles. The molecule has 0 saturated carbocycles. The summed E-state index contributed by atoms with van der Waals surface area (Å²) in [6.45, 7) is 2.72. The number of hydrogen-bond acceptors (Lipinski definition) is 5. The highest BCUT2D eigenvalue weighted by Gasteiger charge is 2.34. The molecule has 1 atom stereocenters. The van der Waals surface area contributed by atoms with Crippen LogP contribution in [0.3, 0.4) is 0 Å². The molecule has 0 unspecified atom stereocenters. The van der Waals surface area contributed by atoms with Gasteiger partial charge in [-0.2, -0.15) is 9.61 Å². The molecule has 0 aliphatic heterocycles. The SMILES string of the molecule is CC(C)(O)[C@@H](Nc1cc(C(F)F)cc2ncnn12)c1ccc(OC(F)(F)F)c(F)c1. The Labute approximate surface area is 166 Å². The number of benzene rings is 1. The number of halogens is 6. The average Bonchev–Trinajstić information content (AvgIpc) is 3.08. The number of fused-ring (bicyclic) bond motifs is 1. The van der Waals surface area contributed by atoms with E-state index in [4.69, 9.17) is 0 Å². The van der Waals surface area contributed by atoms with E-state index < -0.39 is 36.0 Å². The lowest BCUT2D eigenvalue weighted by Crippen LogP contribution is -2.35. The van der Waals surface area contributed by atoms with Gasteiger partial charge in [0.2, 0.25) is 0 Å². The van der Waals surface area contributed by atoms with Crippen molar-refractivity contribution in [2.24, 2.45) is 0 Å². The molecule has 2 N–H and O–H groups in total. The summed E-state index contributed by atoms with van der Waals surface area (Å²) in [4.78, 5) is 3.86. The van der Waals surface area contributed by atoms with Crippen LogP contribution in [0.2, 0.25) is 0 Å². The lowest BCUT2D eigenvalue weighted by Gasteiger charge is -2.31. The Morgan fingerprint density at radius 3 is 2.37 bits per heavy atom. The number of nitrogens with one attached hydrogen (secondary N) is 1. The van der Waals surface area contributed by atoms with Crippen molar-refractivity contribution in [3.63, 3.8) is 0 Å². The zero-order valence-electron chi connectivity index (χ0n) is 15.6. The standard InChI is InChI=1S/C18H16F6N4O2/c1-17(2,29)15(9-3-4-12(11(19)5-9)30-18(22,23)24)27-14-7-10(16(20)21)6-13-25-8-26-28(13)14/h3-8,15-16,27,29H,1-2H3/t15-/m0/s1. The van der Waals surface area contributed by atoms with Gasteiger partial charge < -0.3 is 15.2 Å². The Hall–Kier alpha value is -3.02. The Morgan fingerprint density at radius 2 is 1.80 bits per heavy atom. The largest absolute Gasteiger partial charge is 0.573 e. The molecule has 0 radical (unpaired) electrons. The van der Waals surface area contributed by atoms with Crippen LogP contribution in [0, 0.1) is 5.82 Å². The molecule has 12 heteroatoms. The molecule has 0 amide bonds. The van der Waals surface area contributed by atoms with Gasteiger partial charge in [-0.1, -0.05) is 6.07 Å². The second kappa shape index (κ2) is 7.67. The molecule has 1 aromatic carbocycles. The van der Waals surface area contributed by atoms with Gasteiger partial charge in [0, 0.05) is 5.56 Å². The fourth-order valence-electron chi connectivity index (χ4n) is 2.89. The van der Waals surface area contributed by atoms with Crippen molar-refractivity contribution < 1.29 is 36.2 Å². The molecule has 6 nitrogen and oxygen atoms in total. The Kier molecular flexibility index (Phi) is 5.54. The quantitative estimate of drug-likeness (QED) is 0.554. The summed E-state index contributed by atoms with van der Waals surface area (Å²) in [5.41, 5.74) is -1.81. The Bertz CT molecular complexity index is 1050. The molecule has 30 heavy (non-hydrogen) atoms. The van der Waals surface area contributed by atoms with Crippen LogP contribution < -0.4 is 10.1 Å². The van der Waals surface area contributed by atoms with Crippen LogP contribution in [-0.4, -0.2) is 31.7 Å². The molecule has 2 aromatic heterocycles. The third-order valence-corrected chi connectivity index (χ3v) is 4.17. The van der Waals surface area contributed by atoms with Crippen molar-refractivity contribution in [1.82, 2.24) is 14.6 Å². The van der Waals surface area contributed by atoms with Crippen molar-refractivity contribution in [1.29, 1.82) is 0 Å². The van der Waals surface area contributed by atoms with E-state index in [9.17, 15) is 31.4 Å². The van der Waals surface area contributed by atoms with Crippen LogP contribution in [-0.2, 0) is 0 Å². The van der Waals surface area contributed by atoms with Gasteiger partial charge in [-0.15, -0.1) is 13.2 Å². The lowest BCUT2D eigenvalue weighted by atomic mass is 9.91. The number of hydrogen-bond donors (Lipinski definition) is 2. The normalized spacial score (nSPS) is 13.7. The molecule has 0 spiro atoms. The maximum atomic E-state index is 14.2. The third kappa shape index (κ3) is 4.75. The number of rotatable bonds is 6. The monoisotopic (exact) mass is 434 g/mol. The summed E-state index contributed by atoms with van der Waals surface area (Å²) in [6.07, 6.45) is -6.76. The van der Waals surface area contributed by atoms with Gasteiger partial charge in [-0.25, -0.2) is 18.2 Å². The van der Waals surface area contributed by atoms with E-state index >= 15 is 0 Å². The van der Waals surface area contributed by atoms with Crippen molar-refractivity contribution in [3.8, 4) is 5.75 Å². The van der Waals surface area contributed by atoms with Gasteiger partial charge in [0.1, 0.15) is 12.1 Å². The van der Waals surface area contributed by atoms with Gasteiger partial charge in [-0.3, -0.25) is 0 Å². The van der Waals surface area contributed by atoms with Crippen molar-refractivity contribution >= 4 is 11.5 Å². The molecule has 0 fully saturated rings. The average molecular weight is 434 g/mol. The van der Waals surface area contributed by atoms with E-state index in [1.54, 1.807) is 0 Å². The molecule has 0 aliphatic carbocycles. The van der Waals surface area contributed by atoms with Crippen LogP contribution in [0.15, 0.2) is 36.7 Å². The molecule has 3 rings (SSSR count). The van der Waals surface area contributed by atoms with Crippen molar-refractivity contribution in [3.05, 3.63) is 53.6 Å². The summed E-state index contributed by atoms with van der Waals surface area (Å²) in [5, 5.41) is 17.3. The highest BCUT2D eigenvalue weighted by atomic mass is 19.4. The highest BCUT2D eigenvalue weighted by Crippen LogP contribution is 2.34. The van der Waals surface area contributed by atoms with E-state index in [2.05, 4.69) is 20.1 Å². The summed E-state index contributed by atoms with van der Waals surface area (Å²) in [5.74, 6) is -2.34. The number of pyridine rings is 1. The molecular weight excluding hydrogens is 418 g/mol. The first-order valence-electron chi connectivity index (χ1n) is 8.51. The van der Waals surface area contributed by atoms with Crippen molar-refractivity contribution in [2.45, 2.75) is 38.3 Å². The third-order valence-electron chi connectivity index (χ3n) is 4.17. The summed E-state index contributed by atoms with van der Waals surface area (Å²) >= 11 is 0. The second-order valence-corrected chi connectivity index (χ2v) is 6.97. The van der Waals surface area contributed by atoms with E-state index in [0.717, 1.165) is 36.7 Å². The zero-order chi connectivity index (χ0) is 22.3. The van der Waals surface area contributed by atoms with Crippen LogP contribution >= 0.6 is 0 Å². The van der Waals surface area contributed by atoms with Crippen LogP contribution in [0.1, 0.15) is 37.4 Å². The maximum absolute atomic E-state index is 14.2. The first-order valence-corrected chi connectivity index (χ1v) is 8.51. The first-order chi connectivity index (χ1) is 13.8. The van der Waals surface area contributed by atoms with Gasteiger partial charge in [0.05, 0.1) is 11.6 Å². The number of alkyl halides is 5. The van der Waals surface area contributed by atoms with Crippen LogP contribution in [0.25, 0.3) is 5.65 Å². The minimum absolute atomic E-state index is 0.0171. The summed E-state index contributed by atoms with van der Waals surface area (Å²) in [7, 11) is 0. The van der Waals surface area contributed by atoms with Gasteiger partial charge in [0.15, 0.2) is 17.2 Å². The first kappa shape index (κ1) is 21.7. The van der Waals surface area contributed by atoms with E-state index in [1.807, 2.05) is 0 Å². The minimum Gasteiger partial charge on any atom is -0.403 e. The topological polar surface area (TPSA) is 71.7 Å². The molecule has 0 aliphatic rings. The zero-order valence-corrected chi connectivity index (χ0v) is 15.6. The number of aromatic nitrogens is 3. The number of nitrogens with zero attached hydrogens (tertiary/aromatic N) is 3. The number of aliphatic hydroxyl groups is 1. The van der Waals surface area contributed by atoms with E-state index in [0.29, 0.717) is 0 Å². The van der Waals surface area contributed by atoms with Crippen molar-refractivity contribution in [2.75, 3.05) is 5.32 Å². The second-order valence-electron chi connectivity index (χ2n) is 6.97. The summed E-state index contributed by atoms with van der Waals surface area (Å²) in [6, 6.07) is 3.74. The molecule has 0 bridgehead atoms. The Balaban J connectivity index is 2.02. The van der Waals surface area contributed by atoms with Gasteiger partial charge >= 0.3 is 6.36 Å². The fraction of sp³-hybridized carbons (Fsp3) is 0.333. The van der Waals surface area contributed by atoms with Gasteiger partial charge in [-0.05, 0) is 43.7 Å². The van der Waals surface area contributed by atoms with Gasteiger partial charge in [0.25, 0.3) is 6.43 Å². The number of anilines is 1. The molecular formula is C18H16F6N4O2. The maximum Gasteiger partial charge on any atom is 0.573 e. The van der Waals surface area contributed by atoms with Crippen LogP contribution in [0.4, 0.5) is 32.2 Å². The molecule has 2 heterocycles. The Morgan fingerprint density at radius 1 is 1.10 bits per heavy atom.